The number of thiol groups is 2. The third-order valence-electron chi connectivity index (χ3n) is 5.21. The Bertz CT molecular complexity index is 550. The number of hydrogen-bond acceptors (Lipinski definition) is 7. The van der Waals surface area contributed by atoms with Crippen molar-refractivity contribution >= 4 is 49.0 Å². The van der Waals surface area contributed by atoms with Crippen LogP contribution in [0.15, 0.2) is 0 Å². The van der Waals surface area contributed by atoms with Gasteiger partial charge >= 0.3 is 11.9 Å². The molecule has 0 aromatic carbocycles. The Morgan fingerprint density at radius 3 is 1.56 bits per heavy atom. The van der Waals surface area contributed by atoms with Crippen LogP contribution in [0.1, 0.15) is 39.5 Å². The van der Waals surface area contributed by atoms with Crippen LogP contribution in [0.3, 0.4) is 0 Å². The van der Waals surface area contributed by atoms with Crippen molar-refractivity contribution in [1.29, 1.82) is 0 Å². The maximum Gasteiger partial charge on any atom is 0.336 e. The molecule has 0 saturated carbocycles. The van der Waals surface area contributed by atoms with Crippen molar-refractivity contribution < 1.29 is 23.9 Å². The van der Waals surface area contributed by atoms with E-state index in [-0.39, 0.29) is 23.7 Å². The maximum atomic E-state index is 12.5. The first-order valence-electron chi connectivity index (χ1n) is 9.40. The van der Waals surface area contributed by atoms with Crippen molar-refractivity contribution in [2.75, 3.05) is 24.6 Å². The van der Waals surface area contributed by atoms with Gasteiger partial charge < -0.3 is 14.5 Å². The molecular formula is C18H28N2O5S2. The first-order valence-corrected chi connectivity index (χ1v) is 10.7. The summed E-state index contributed by atoms with van der Waals surface area (Å²) in [7, 11) is 0. The van der Waals surface area contributed by atoms with Gasteiger partial charge in [0.2, 0.25) is 11.8 Å². The fourth-order valence-corrected chi connectivity index (χ4v) is 3.82. The van der Waals surface area contributed by atoms with Gasteiger partial charge in [-0.2, -0.15) is 25.3 Å². The zero-order valence-corrected chi connectivity index (χ0v) is 17.6. The van der Waals surface area contributed by atoms with E-state index in [0.717, 1.165) is 0 Å². The summed E-state index contributed by atoms with van der Waals surface area (Å²) in [6.07, 6.45) is 2.32. The fraction of sp³-hybridized carbons (Fsp3) is 0.778. The lowest BCUT2D eigenvalue weighted by Gasteiger charge is -2.27. The van der Waals surface area contributed by atoms with Gasteiger partial charge in [-0.1, -0.05) is 13.8 Å². The lowest BCUT2D eigenvalue weighted by atomic mass is 10.1. The third-order valence-corrected chi connectivity index (χ3v) is 6.30. The second-order valence-electron chi connectivity index (χ2n) is 7.29. The lowest BCUT2D eigenvalue weighted by molar-refractivity contribution is -0.169. The topological polar surface area (TPSA) is 84.0 Å². The van der Waals surface area contributed by atoms with Gasteiger partial charge in [-0.05, 0) is 25.7 Å². The van der Waals surface area contributed by atoms with E-state index < -0.39 is 24.0 Å². The molecule has 9 heteroatoms. The summed E-state index contributed by atoms with van der Waals surface area (Å²) in [5.41, 5.74) is 0. The Balaban J connectivity index is 2.01. The molecule has 0 aliphatic carbocycles. The summed E-state index contributed by atoms with van der Waals surface area (Å²) in [6.45, 7) is 4.45. The van der Waals surface area contributed by atoms with Crippen molar-refractivity contribution in [3.8, 4) is 0 Å². The van der Waals surface area contributed by atoms with Gasteiger partial charge in [-0.15, -0.1) is 0 Å². The van der Waals surface area contributed by atoms with Gasteiger partial charge in [0.1, 0.15) is 12.1 Å². The number of rotatable bonds is 6. The van der Waals surface area contributed by atoms with E-state index in [4.69, 9.17) is 4.74 Å². The van der Waals surface area contributed by atoms with Crippen molar-refractivity contribution in [1.82, 2.24) is 9.80 Å². The largest absolute Gasteiger partial charge is 0.390 e. The second-order valence-corrected chi connectivity index (χ2v) is 8.02. The smallest absolute Gasteiger partial charge is 0.336 e. The number of hydrogen-bond donors (Lipinski definition) is 2. The number of carbonyl (C=O) groups is 4. The molecule has 0 aromatic rings. The molecule has 4 atom stereocenters. The van der Waals surface area contributed by atoms with Crippen LogP contribution in [0, 0.1) is 11.8 Å². The van der Waals surface area contributed by atoms with Crippen LogP contribution in [0.4, 0.5) is 0 Å². The van der Waals surface area contributed by atoms with Crippen LogP contribution in [0.2, 0.25) is 0 Å². The number of likely N-dealkylation sites (tertiary alicyclic amines) is 2. The zero-order chi connectivity index (χ0) is 20.1. The summed E-state index contributed by atoms with van der Waals surface area (Å²) < 4.78 is 5.10. The minimum atomic E-state index is -0.745. The molecule has 0 aromatic heterocycles. The fourth-order valence-electron chi connectivity index (χ4n) is 3.51. The molecule has 0 radical (unpaired) electrons. The standard InChI is InChI=1S/C18H28N2O5S2/c1-11(9-26)15(21)19-7-3-5-13(19)17(23)25-18(24)14-6-4-8-20(14)16(22)12(2)10-27/h11-14,26-27H,3-10H2,1-2H3/t11?,12?,13-,14-/m0/s1. The second kappa shape index (κ2) is 9.82. The van der Waals surface area contributed by atoms with Gasteiger partial charge in [0.25, 0.3) is 0 Å². The number of esters is 2. The molecule has 0 spiro atoms. The molecule has 2 amide bonds. The van der Waals surface area contributed by atoms with E-state index in [9.17, 15) is 19.2 Å². The maximum absolute atomic E-state index is 12.5. The highest BCUT2D eigenvalue weighted by Crippen LogP contribution is 2.24. The van der Waals surface area contributed by atoms with Crippen LogP contribution in [0.5, 0.6) is 0 Å². The van der Waals surface area contributed by atoms with Gasteiger partial charge in [-0.25, -0.2) is 9.59 Å². The molecule has 7 nitrogen and oxygen atoms in total. The summed E-state index contributed by atoms with van der Waals surface area (Å²) in [6, 6.07) is -1.49. The average molecular weight is 417 g/mol. The molecule has 2 fully saturated rings. The molecule has 2 aliphatic rings. The lowest BCUT2D eigenvalue weighted by Crippen LogP contribution is -2.48. The van der Waals surface area contributed by atoms with Crippen LogP contribution >= 0.6 is 25.3 Å². The zero-order valence-electron chi connectivity index (χ0n) is 15.8. The molecule has 2 rings (SSSR count). The van der Waals surface area contributed by atoms with Crippen molar-refractivity contribution in [3.63, 3.8) is 0 Å². The van der Waals surface area contributed by atoms with Gasteiger partial charge in [0.15, 0.2) is 0 Å². The number of nitrogens with zero attached hydrogens (tertiary/aromatic N) is 2. The van der Waals surface area contributed by atoms with E-state index in [1.54, 1.807) is 13.8 Å². The molecule has 0 N–H and O–H groups in total. The van der Waals surface area contributed by atoms with Gasteiger partial charge in [-0.3, -0.25) is 9.59 Å². The summed E-state index contributed by atoms with van der Waals surface area (Å²) in [5, 5.41) is 0. The normalized spacial score (nSPS) is 24.6. The number of carbonyl (C=O) groups excluding carboxylic acids is 4. The van der Waals surface area contributed by atoms with Crippen molar-refractivity contribution in [2.45, 2.75) is 51.6 Å². The third kappa shape index (κ3) is 4.99. The van der Waals surface area contributed by atoms with E-state index in [2.05, 4.69) is 25.3 Å². The molecule has 2 saturated heterocycles. The Morgan fingerprint density at radius 1 is 0.852 bits per heavy atom. The first kappa shape index (κ1) is 22.1. The molecule has 152 valence electrons. The van der Waals surface area contributed by atoms with E-state index in [0.29, 0.717) is 50.3 Å². The van der Waals surface area contributed by atoms with Crippen LogP contribution in [-0.2, 0) is 23.9 Å². The number of ether oxygens (including phenoxy) is 1. The number of amides is 2. The molecule has 27 heavy (non-hydrogen) atoms. The summed E-state index contributed by atoms with van der Waals surface area (Å²) >= 11 is 8.27. The Morgan fingerprint density at radius 2 is 1.22 bits per heavy atom. The predicted molar refractivity (Wildman–Crippen MR) is 107 cm³/mol. The summed E-state index contributed by atoms with van der Waals surface area (Å²) in [5.74, 6) is -1.56. The minimum Gasteiger partial charge on any atom is -0.390 e. The molecule has 2 heterocycles. The van der Waals surface area contributed by atoms with E-state index in [1.165, 1.54) is 9.80 Å². The van der Waals surface area contributed by atoms with Crippen LogP contribution < -0.4 is 0 Å². The SMILES string of the molecule is CC(CS)C(=O)N1CCC[C@H]1C(=O)OC(=O)[C@@H]1CCCN1C(=O)C(C)CS. The minimum absolute atomic E-state index is 0.155. The van der Waals surface area contributed by atoms with Crippen LogP contribution in [-0.4, -0.2) is 70.2 Å². The highest BCUT2D eigenvalue weighted by molar-refractivity contribution is 7.80. The highest BCUT2D eigenvalue weighted by atomic mass is 32.1. The van der Waals surface area contributed by atoms with E-state index >= 15 is 0 Å². The summed E-state index contributed by atoms with van der Waals surface area (Å²) in [4.78, 5) is 52.8. The van der Waals surface area contributed by atoms with Crippen molar-refractivity contribution in [3.05, 3.63) is 0 Å². The Kier molecular flexibility index (Phi) is 8.03. The molecule has 2 unspecified atom stereocenters. The first-order chi connectivity index (χ1) is 12.8. The molecule has 0 bridgehead atoms. The van der Waals surface area contributed by atoms with Crippen molar-refractivity contribution in [2.24, 2.45) is 11.8 Å². The molecule has 2 aliphatic heterocycles. The highest BCUT2D eigenvalue weighted by Gasteiger charge is 2.41. The van der Waals surface area contributed by atoms with Gasteiger partial charge in [0, 0.05) is 36.4 Å². The monoisotopic (exact) mass is 416 g/mol. The predicted octanol–water partition coefficient (Wildman–Crippen LogP) is 1.17. The Labute approximate surface area is 171 Å². The van der Waals surface area contributed by atoms with Gasteiger partial charge in [0.05, 0.1) is 0 Å². The quantitative estimate of drug-likeness (QED) is 0.386. The van der Waals surface area contributed by atoms with E-state index in [1.807, 2.05) is 0 Å². The Hall–Kier alpha value is -1.22. The molecular weight excluding hydrogens is 388 g/mol. The van der Waals surface area contributed by atoms with Crippen LogP contribution in [0.25, 0.3) is 0 Å². The average Bonchev–Trinajstić information content (AvgIpc) is 3.34.